The molecule has 3 fully saturated rings. The van der Waals surface area contributed by atoms with Gasteiger partial charge in [-0.3, -0.25) is 4.79 Å². The Morgan fingerprint density at radius 1 is 0.867 bits per heavy atom. The van der Waals surface area contributed by atoms with Crippen LogP contribution in [0.25, 0.3) is 0 Å². The molecule has 30 heavy (non-hydrogen) atoms. The molecule has 6 aliphatic rings. The van der Waals surface area contributed by atoms with Crippen molar-refractivity contribution in [3.8, 4) is 0 Å². The van der Waals surface area contributed by atoms with E-state index in [0.717, 1.165) is 11.8 Å². The second kappa shape index (κ2) is 6.94. The molecule has 0 heterocycles. The Kier molecular flexibility index (Phi) is 4.53. The summed E-state index contributed by atoms with van der Waals surface area (Å²) in [4.78, 5) is 13.7. The first kappa shape index (κ1) is 19.6. The second-order valence-corrected chi connectivity index (χ2v) is 12.2. The molecule has 7 atom stereocenters. The van der Waals surface area contributed by atoms with Gasteiger partial charge in [0.05, 0.1) is 0 Å². The number of carbonyl (C=O) groups is 1. The summed E-state index contributed by atoms with van der Waals surface area (Å²) >= 11 is 0. The summed E-state index contributed by atoms with van der Waals surface area (Å²) < 4.78 is 0. The number of hydrogen-bond donors (Lipinski definition) is 0. The molecule has 0 aromatic heterocycles. The molecule has 0 aliphatic heterocycles. The Balaban J connectivity index is 1.30. The lowest BCUT2D eigenvalue weighted by molar-refractivity contribution is -0.133. The van der Waals surface area contributed by atoms with Gasteiger partial charge in [-0.1, -0.05) is 42.7 Å². The van der Waals surface area contributed by atoms with E-state index in [1.165, 1.54) is 89.0 Å². The van der Waals surface area contributed by atoms with Gasteiger partial charge >= 0.3 is 0 Å². The van der Waals surface area contributed by atoms with E-state index in [2.05, 4.69) is 32.1 Å². The lowest BCUT2D eigenvalue weighted by Crippen LogP contribution is -2.53. The van der Waals surface area contributed by atoms with Crippen LogP contribution in [0.4, 0.5) is 0 Å². The van der Waals surface area contributed by atoms with E-state index in [9.17, 15) is 4.79 Å². The fraction of sp³-hybridized carbons (Fsp3) is 0.759. The molecule has 0 aromatic carbocycles. The van der Waals surface area contributed by atoms with Crippen molar-refractivity contribution < 1.29 is 4.79 Å². The Bertz CT molecular complexity index is 842. The molecular formula is C29H40O. The van der Waals surface area contributed by atoms with E-state index < -0.39 is 0 Å². The van der Waals surface area contributed by atoms with Crippen LogP contribution in [0.1, 0.15) is 97.3 Å². The summed E-state index contributed by atoms with van der Waals surface area (Å²) in [6.45, 7) is 5.12. The summed E-state index contributed by atoms with van der Waals surface area (Å²) in [5.74, 6) is 3.56. The van der Waals surface area contributed by atoms with Crippen LogP contribution in [0.2, 0.25) is 0 Å². The van der Waals surface area contributed by atoms with E-state index in [0.29, 0.717) is 34.4 Å². The average Bonchev–Trinajstić information content (AvgIpc) is 3.48. The Morgan fingerprint density at radius 2 is 1.63 bits per heavy atom. The Labute approximate surface area is 183 Å². The number of allylic oxidation sites excluding steroid dienone is 6. The van der Waals surface area contributed by atoms with Gasteiger partial charge in [0.25, 0.3) is 0 Å². The van der Waals surface area contributed by atoms with Crippen molar-refractivity contribution in [2.24, 2.45) is 40.4 Å². The summed E-state index contributed by atoms with van der Waals surface area (Å²) in [6.07, 6.45) is 24.3. The van der Waals surface area contributed by atoms with Gasteiger partial charge in [-0.2, -0.15) is 0 Å². The highest BCUT2D eigenvalue weighted by Crippen LogP contribution is 2.67. The topological polar surface area (TPSA) is 17.1 Å². The molecular weight excluding hydrogens is 364 g/mol. The monoisotopic (exact) mass is 404 g/mol. The van der Waals surface area contributed by atoms with Crippen molar-refractivity contribution in [3.63, 3.8) is 0 Å². The smallest absolute Gasteiger partial charge is 0.159 e. The van der Waals surface area contributed by atoms with Gasteiger partial charge < -0.3 is 0 Å². The quantitative estimate of drug-likeness (QED) is 0.433. The third-order valence-corrected chi connectivity index (χ3v) is 11.1. The number of rotatable bonds is 2. The molecule has 0 spiro atoms. The van der Waals surface area contributed by atoms with Crippen LogP contribution in [-0.2, 0) is 4.79 Å². The minimum Gasteiger partial charge on any atom is -0.295 e. The zero-order valence-electron chi connectivity index (χ0n) is 19.2. The summed E-state index contributed by atoms with van der Waals surface area (Å²) in [7, 11) is 0. The first-order valence-corrected chi connectivity index (χ1v) is 13.1. The van der Waals surface area contributed by atoms with E-state index >= 15 is 0 Å². The molecule has 1 heteroatoms. The van der Waals surface area contributed by atoms with Crippen LogP contribution in [0.5, 0.6) is 0 Å². The fourth-order valence-corrected chi connectivity index (χ4v) is 9.41. The molecule has 3 saturated carbocycles. The van der Waals surface area contributed by atoms with Crippen molar-refractivity contribution in [3.05, 3.63) is 34.9 Å². The first-order chi connectivity index (χ1) is 14.5. The Hall–Kier alpha value is -1.11. The molecule has 0 radical (unpaired) electrons. The molecule has 0 amide bonds. The predicted molar refractivity (Wildman–Crippen MR) is 123 cm³/mol. The first-order valence-electron chi connectivity index (χ1n) is 13.1. The van der Waals surface area contributed by atoms with Gasteiger partial charge in [0.15, 0.2) is 5.78 Å². The number of ketones is 1. The van der Waals surface area contributed by atoms with E-state index in [1.54, 1.807) is 11.1 Å². The van der Waals surface area contributed by atoms with Crippen LogP contribution in [0, 0.1) is 40.4 Å². The van der Waals surface area contributed by atoms with E-state index in [-0.39, 0.29) is 0 Å². The third kappa shape index (κ3) is 2.69. The molecule has 6 rings (SSSR count). The van der Waals surface area contributed by atoms with Crippen LogP contribution < -0.4 is 0 Å². The average molecular weight is 405 g/mol. The van der Waals surface area contributed by atoms with Crippen LogP contribution in [0.15, 0.2) is 34.9 Å². The molecule has 1 nitrogen and oxygen atoms in total. The summed E-state index contributed by atoms with van der Waals surface area (Å²) in [6, 6.07) is 0. The maximum atomic E-state index is 13.7. The highest BCUT2D eigenvalue weighted by atomic mass is 16.1. The van der Waals surface area contributed by atoms with Gasteiger partial charge in [0.2, 0.25) is 0 Å². The molecule has 0 saturated heterocycles. The van der Waals surface area contributed by atoms with E-state index in [1.807, 2.05) is 0 Å². The summed E-state index contributed by atoms with van der Waals surface area (Å²) in [5.41, 5.74) is 5.68. The van der Waals surface area contributed by atoms with Crippen LogP contribution in [0.3, 0.4) is 0 Å². The van der Waals surface area contributed by atoms with Gasteiger partial charge in [0, 0.05) is 5.92 Å². The molecule has 6 aliphatic carbocycles. The van der Waals surface area contributed by atoms with E-state index in [4.69, 9.17) is 0 Å². The molecule has 0 bridgehead atoms. The minimum atomic E-state index is 0.292. The molecule has 3 unspecified atom stereocenters. The molecule has 0 aromatic rings. The SMILES string of the molecule is C[C@]12CC[C@H](C3=CCCC3)CC1=CC(=O)C1C2CC[C@@]2(C)C1CC[C@@H]2C1=CCCC1. The van der Waals surface area contributed by atoms with Gasteiger partial charge in [-0.25, -0.2) is 0 Å². The maximum absolute atomic E-state index is 13.7. The van der Waals surface area contributed by atoms with Crippen LogP contribution in [-0.4, -0.2) is 5.78 Å². The van der Waals surface area contributed by atoms with Crippen LogP contribution >= 0.6 is 0 Å². The summed E-state index contributed by atoms with van der Waals surface area (Å²) in [5, 5.41) is 0. The van der Waals surface area contributed by atoms with Gasteiger partial charge in [-0.15, -0.1) is 0 Å². The molecule has 0 N–H and O–H groups in total. The number of carbonyl (C=O) groups excluding carboxylic acids is 1. The number of hydrogen-bond acceptors (Lipinski definition) is 1. The normalized spacial score (nSPS) is 47.9. The largest absolute Gasteiger partial charge is 0.295 e. The minimum absolute atomic E-state index is 0.292. The molecule has 162 valence electrons. The maximum Gasteiger partial charge on any atom is 0.159 e. The predicted octanol–water partition coefficient (Wildman–Crippen LogP) is 7.58. The van der Waals surface area contributed by atoms with Crippen molar-refractivity contribution in [1.82, 2.24) is 0 Å². The van der Waals surface area contributed by atoms with Gasteiger partial charge in [-0.05, 0) is 124 Å². The highest BCUT2D eigenvalue weighted by Gasteiger charge is 2.61. The van der Waals surface area contributed by atoms with Crippen molar-refractivity contribution in [2.45, 2.75) is 97.3 Å². The number of fused-ring (bicyclic) bond motifs is 5. The zero-order chi connectivity index (χ0) is 20.5. The van der Waals surface area contributed by atoms with Crippen molar-refractivity contribution in [1.29, 1.82) is 0 Å². The third-order valence-electron chi connectivity index (χ3n) is 11.1. The lowest BCUT2D eigenvalue weighted by atomic mass is 9.46. The zero-order valence-corrected chi connectivity index (χ0v) is 19.2. The van der Waals surface area contributed by atoms with Crippen molar-refractivity contribution in [2.75, 3.05) is 0 Å². The second-order valence-electron chi connectivity index (χ2n) is 12.2. The standard InChI is InChI=1S/C29H40O/c1-28-15-13-21(19-7-3-4-8-19)17-22(28)18-26(30)27-24-12-11-23(20-9-5-6-10-20)29(24,2)16-14-25(27)28/h7,9,18,21,23-25,27H,3-6,8,10-17H2,1-2H3/t21-,23+,24?,25?,27?,28-,29+/m0/s1. The lowest BCUT2D eigenvalue weighted by Gasteiger charge is -2.57. The highest BCUT2D eigenvalue weighted by molar-refractivity contribution is 5.94. The van der Waals surface area contributed by atoms with Crippen molar-refractivity contribution >= 4 is 5.78 Å². The fourth-order valence-electron chi connectivity index (χ4n) is 9.41. The van der Waals surface area contributed by atoms with Gasteiger partial charge in [0.1, 0.15) is 0 Å². The Morgan fingerprint density at radius 3 is 2.37 bits per heavy atom.